The van der Waals surface area contributed by atoms with E-state index in [0.29, 0.717) is 43.8 Å². The van der Waals surface area contributed by atoms with Gasteiger partial charge in [-0.25, -0.2) is 5.43 Å². The second-order valence-electron chi connectivity index (χ2n) is 5.85. The van der Waals surface area contributed by atoms with Crippen LogP contribution < -0.4 is 10.7 Å². The zero-order chi connectivity index (χ0) is 16.9. The Kier molecular flexibility index (Phi) is 4.83. The lowest BCUT2D eigenvalue weighted by Gasteiger charge is -2.32. The van der Waals surface area contributed by atoms with Crippen LogP contribution in [0.4, 0.5) is 0 Å². The van der Waals surface area contributed by atoms with Crippen LogP contribution in [0.3, 0.4) is 0 Å². The number of carbonyl (C=O) groups excluding carboxylic acids is 3. The first-order chi connectivity index (χ1) is 11.6. The minimum atomic E-state index is -0.246. The summed E-state index contributed by atoms with van der Waals surface area (Å²) in [6, 6.07) is 5.27. The average molecular weight is 329 g/mol. The minimum Gasteiger partial charge on any atom is -0.348 e. The molecule has 0 bridgehead atoms. The monoisotopic (exact) mass is 329 g/mol. The second kappa shape index (κ2) is 7.20. The summed E-state index contributed by atoms with van der Waals surface area (Å²) >= 11 is 0. The molecular weight excluding hydrogens is 310 g/mol. The molecule has 2 aliphatic heterocycles. The van der Waals surface area contributed by atoms with Gasteiger partial charge in [0.15, 0.2) is 0 Å². The maximum atomic E-state index is 12.3. The molecule has 0 aromatic carbocycles. The quantitative estimate of drug-likeness (QED) is 0.819. The summed E-state index contributed by atoms with van der Waals surface area (Å²) in [6.07, 6.45) is 3.61. The SMILES string of the molecule is O=C1CCC(C(=O)NC2CCN(C(=O)c3ccccn3)CC2)=NN1. The third-order valence-electron chi connectivity index (χ3n) is 4.17. The molecule has 3 amide bonds. The van der Waals surface area contributed by atoms with Gasteiger partial charge in [-0.05, 0) is 25.0 Å². The van der Waals surface area contributed by atoms with Crippen LogP contribution in [0.2, 0.25) is 0 Å². The fraction of sp³-hybridized carbons (Fsp3) is 0.438. The molecule has 126 valence electrons. The highest BCUT2D eigenvalue weighted by Gasteiger charge is 2.27. The summed E-state index contributed by atoms with van der Waals surface area (Å²) < 4.78 is 0. The number of carbonyl (C=O) groups is 3. The van der Waals surface area contributed by atoms with E-state index < -0.39 is 0 Å². The van der Waals surface area contributed by atoms with E-state index in [-0.39, 0.29) is 30.2 Å². The fourth-order valence-corrected chi connectivity index (χ4v) is 2.78. The van der Waals surface area contributed by atoms with Crippen molar-refractivity contribution in [1.82, 2.24) is 20.6 Å². The Morgan fingerprint density at radius 1 is 1.21 bits per heavy atom. The zero-order valence-electron chi connectivity index (χ0n) is 13.2. The first-order valence-electron chi connectivity index (χ1n) is 8.00. The Morgan fingerprint density at radius 3 is 2.62 bits per heavy atom. The standard InChI is InChI=1S/C16H19N5O3/c22-14-5-4-12(19-20-14)15(23)18-11-6-9-21(10-7-11)16(24)13-3-1-2-8-17-13/h1-3,8,11H,4-7,9-10H2,(H,18,23)(H,20,22). The summed E-state index contributed by atoms with van der Waals surface area (Å²) in [7, 11) is 0. The molecule has 8 nitrogen and oxygen atoms in total. The number of nitrogens with zero attached hydrogens (tertiary/aromatic N) is 3. The zero-order valence-corrected chi connectivity index (χ0v) is 13.2. The number of pyridine rings is 1. The molecule has 2 N–H and O–H groups in total. The summed E-state index contributed by atoms with van der Waals surface area (Å²) in [5, 5.41) is 6.72. The molecule has 8 heteroatoms. The van der Waals surface area contributed by atoms with Crippen LogP contribution in [0.25, 0.3) is 0 Å². The number of hydrazone groups is 1. The van der Waals surface area contributed by atoms with Crippen LogP contribution in [0.15, 0.2) is 29.5 Å². The smallest absolute Gasteiger partial charge is 0.272 e. The number of amides is 3. The molecule has 0 spiro atoms. The highest BCUT2D eigenvalue weighted by atomic mass is 16.2. The molecule has 3 heterocycles. The van der Waals surface area contributed by atoms with Crippen LogP contribution in [0.5, 0.6) is 0 Å². The maximum absolute atomic E-state index is 12.3. The molecule has 1 aromatic rings. The number of hydrogen-bond donors (Lipinski definition) is 2. The van der Waals surface area contributed by atoms with E-state index in [2.05, 4.69) is 20.8 Å². The number of nitrogens with one attached hydrogen (secondary N) is 2. The van der Waals surface area contributed by atoms with Crippen molar-refractivity contribution in [3.63, 3.8) is 0 Å². The molecule has 0 radical (unpaired) electrons. The summed E-state index contributed by atoms with van der Waals surface area (Å²) in [5.41, 5.74) is 3.10. The lowest BCUT2D eigenvalue weighted by atomic mass is 10.0. The highest BCUT2D eigenvalue weighted by molar-refractivity contribution is 6.39. The van der Waals surface area contributed by atoms with Gasteiger partial charge in [0.2, 0.25) is 5.91 Å². The van der Waals surface area contributed by atoms with Gasteiger partial charge in [0, 0.05) is 38.2 Å². The van der Waals surface area contributed by atoms with Gasteiger partial charge >= 0.3 is 0 Å². The van der Waals surface area contributed by atoms with E-state index in [1.807, 2.05) is 0 Å². The predicted octanol–water partition coefficient (Wildman–Crippen LogP) is 0.0684. The largest absolute Gasteiger partial charge is 0.348 e. The van der Waals surface area contributed by atoms with Gasteiger partial charge in [-0.2, -0.15) is 5.10 Å². The second-order valence-corrected chi connectivity index (χ2v) is 5.85. The Labute approximate surface area is 139 Å². The number of rotatable bonds is 3. The van der Waals surface area contributed by atoms with E-state index in [1.165, 1.54) is 0 Å². The summed E-state index contributed by atoms with van der Waals surface area (Å²) in [4.78, 5) is 41.3. The van der Waals surface area contributed by atoms with Crippen molar-refractivity contribution < 1.29 is 14.4 Å². The van der Waals surface area contributed by atoms with Crippen molar-refractivity contribution in [2.24, 2.45) is 5.10 Å². The molecule has 3 rings (SSSR count). The normalized spacial score (nSPS) is 18.6. The Morgan fingerprint density at radius 2 is 2.00 bits per heavy atom. The number of likely N-dealkylation sites (tertiary alicyclic amines) is 1. The van der Waals surface area contributed by atoms with E-state index in [0.717, 1.165) is 0 Å². The molecular formula is C16H19N5O3. The molecule has 1 aromatic heterocycles. The third-order valence-corrected chi connectivity index (χ3v) is 4.17. The minimum absolute atomic E-state index is 0.00520. The van der Waals surface area contributed by atoms with Gasteiger partial charge in [0.1, 0.15) is 11.4 Å². The van der Waals surface area contributed by atoms with E-state index >= 15 is 0 Å². The Bertz CT molecular complexity index is 666. The van der Waals surface area contributed by atoms with Crippen molar-refractivity contribution in [2.45, 2.75) is 31.7 Å². The Balaban J connectivity index is 1.49. The molecule has 24 heavy (non-hydrogen) atoms. The number of hydrogen-bond acceptors (Lipinski definition) is 5. The average Bonchev–Trinajstić information content (AvgIpc) is 2.63. The molecule has 0 saturated carbocycles. The van der Waals surface area contributed by atoms with Crippen LogP contribution in [0.1, 0.15) is 36.2 Å². The fourth-order valence-electron chi connectivity index (χ4n) is 2.78. The van der Waals surface area contributed by atoms with Crippen LogP contribution in [0, 0.1) is 0 Å². The van der Waals surface area contributed by atoms with Gasteiger partial charge < -0.3 is 10.2 Å². The summed E-state index contributed by atoms with van der Waals surface area (Å²) in [6.45, 7) is 1.15. The van der Waals surface area contributed by atoms with Crippen molar-refractivity contribution in [1.29, 1.82) is 0 Å². The lowest BCUT2D eigenvalue weighted by molar-refractivity contribution is -0.121. The maximum Gasteiger partial charge on any atom is 0.272 e. The van der Waals surface area contributed by atoms with Crippen molar-refractivity contribution in [2.75, 3.05) is 13.1 Å². The van der Waals surface area contributed by atoms with Crippen LogP contribution in [-0.4, -0.2) is 52.4 Å². The summed E-state index contributed by atoms with van der Waals surface area (Å²) in [5.74, 6) is -0.503. The van der Waals surface area contributed by atoms with Crippen molar-refractivity contribution in [3.05, 3.63) is 30.1 Å². The van der Waals surface area contributed by atoms with Crippen molar-refractivity contribution in [3.8, 4) is 0 Å². The van der Waals surface area contributed by atoms with Crippen LogP contribution in [-0.2, 0) is 9.59 Å². The van der Waals surface area contributed by atoms with E-state index in [4.69, 9.17) is 0 Å². The Hall–Kier alpha value is -2.77. The van der Waals surface area contributed by atoms with Gasteiger partial charge in [-0.15, -0.1) is 0 Å². The predicted molar refractivity (Wildman–Crippen MR) is 86.1 cm³/mol. The van der Waals surface area contributed by atoms with Gasteiger partial charge in [-0.1, -0.05) is 6.07 Å². The number of aromatic nitrogens is 1. The van der Waals surface area contributed by atoms with Gasteiger partial charge in [-0.3, -0.25) is 19.4 Å². The van der Waals surface area contributed by atoms with Gasteiger partial charge in [0.05, 0.1) is 0 Å². The molecule has 0 unspecified atom stereocenters. The number of piperidine rings is 1. The molecule has 0 atom stereocenters. The topological polar surface area (TPSA) is 104 Å². The lowest BCUT2D eigenvalue weighted by Crippen LogP contribution is -2.48. The molecule has 1 saturated heterocycles. The molecule has 0 aliphatic carbocycles. The van der Waals surface area contributed by atoms with Crippen LogP contribution >= 0.6 is 0 Å². The molecule has 1 fully saturated rings. The third kappa shape index (κ3) is 3.76. The van der Waals surface area contributed by atoms with E-state index in [1.54, 1.807) is 29.3 Å². The first-order valence-corrected chi connectivity index (χ1v) is 8.00. The molecule has 2 aliphatic rings. The highest BCUT2D eigenvalue weighted by Crippen LogP contribution is 2.13. The van der Waals surface area contributed by atoms with E-state index in [9.17, 15) is 14.4 Å². The van der Waals surface area contributed by atoms with Gasteiger partial charge in [0.25, 0.3) is 11.8 Å². The first kappa shape index (κ1) is 16.1. The van der Waals surface area contributed by atoms with Crippen molar-refractivity contribution >= 4 is 23.4 Å².